The molecule has 1 aromatic carbocycles. The molecule has 0 saturated carbocycles. The molecule has 27 heavy (non-hydrogen) atoms. The Morgan fingerprint density at radius 3 is 2.74 bits per heavy atom. The number of hydrogen-bond acceptors (Lipinski definition) is 7. The van der Waals surface area contributed by atoms with Gasteiger partial charge < -0.3 is 19.9 Å². The molecule has 1 N–H and O–H groups in total. The molecule has 0 atom stereocenters. The fourth-order valence-electron chi connectivity index (χ4n) is 2.88. The van der Waals surface area contributed by atoms with Gasteiger partial charge in [-0.05, 0) is 32.0 Å². The highest BCUT2D eigenvalue weighted by molar-refractivity contribution is 5.68. The van der Waals surface area contributed by atoms with Crippen LogP contribution >= 0.6 is 0 Å². The van der Waals surface area contributed by atoms with Crippen molar-refractivity contribution in [3.05, 3.63) is 41.6 Å². The van der Waals surface area contributed by atoms with Gasteiger partial charge in [0.2, 0.25) is 5.95 Å². The Labute approximate surface area is 158 Å². The molecule has 1 saturated heterocycles. The molecule has 0 unspecified atom stereocenters. The molecule has 1 amide bonds. The molecule has 1 fully saturated rings. The van der Waals surface area contributed by atoms with E-state index in [-0.39, 0.29) is 6.09 Å². The number of piperazine rings is 1. The molecule has 8 heteroatoms. The number of hydrogen-bond donors (Lipinski definition) is 1. The van der Waals surface area contributed by atoms with Gasteiger partial charge in [0.25, 0.3) is 0 Å². The summed E-state index contributed by atoms with van der Waals surface area (Å²) in [7, 11) is 0. The smallest absolute Gasteiger partial charge is 0.409 e. The predicted molar refractivity (Wildman–Crippen MR) is 102 cm³/mol. The van der Waals surface area contributed by atoms with Crippen LogP contribution in [0.15, 0.2) is 30.3 Å². The average Bonchev–Trinajstić information content (AvgIpc) is 2.68. The van der Waals surface area contributed by atoms with E-state index in [2.05, 4.69) is 26.3 Å². The number of aromatic nitrogens is 2. The Morgan fingerprint density at radius 1 is 1.26 bits per heavy atom. The summed E-state index contributed by atoms with van der Waals surface area (Å²) in [6.07, 6.45) is -0.276. The van der Waals surface area contributed by atoms with Crippen LogP contribution in [0.25, 0.3) is 0 Å². The Bertz CT molecular complexity index is 856. The summed E-state index contributed by atoms with van der Waals surface area (Å²) in [5.74, 6) is 1.29. The zero-order chi connectivity index (χ0) is 19.2. The standard InChI is InChI=1S/C19H22N6O2/c1-3-27-19(26)25-9-7-24(8-10-25)18-21-14(2)11-17(23-18)22-16-6-4-5-15(12-16)13-20/h4-6,11-12H,3,7-10H2,1-2H3,(H,21,22,23). The zero-order valence-corrected chi connectivity index (χ0v) is 15.5. The number of carbonyl (C=O) groups excluding carboxylic acids is 1. The topological polar surface area (TPSA) is 94.4 Å². The second kappa shape index (κ2) is 8.36. The van der Waals surface area contributed by atoms with Gasteiger partial charge in [-0.2, -0.15) is 10.2 Å². The lowest BCUT2D eigenvalue weighted by Gasteiger charge is -2.34. The zero-order valence-electron chi connectivity index (χ0n) is 15.5. The first-order valence-corrected chi connectivity index (χ1v) is 8.88. The minimum absolute atomic E-state index is 0.276. The maximum absolute atomic E-state index is 11.8. The summed E-state index contributed by atoms with van der Waals surface area (Å²) >= 11 is 0. The van der Waals surface area contributed by atoms with Crippen LogP contribution in [0.4, 0.5) is 22.2 Å². The quantitative estimate of drug-likeness (QED) is 0.889. The van der Waals surface area contributed by atoms with E-state index in [1.807, 2.05) is 25.1 Å². The summed E-state index contributed by atoms with van der Waals surface area (Å²) in [5, 5.41) is 12.3. The number of nitrogens with one attached hydrogen (secondary N) is 1. The Balaban J connectivity index is 1.70. The Kier molecular flexibility index (Phi) is 5.71. The largest absolute Gasteiger partial charge is 0.450 e. The third-order valence-corrected chi connectivity index (χ3v) is 4.20. The first-order valence-electron chi connectivity index (χ1n) is 8.88. The first kappa shape index (κ1) is 18.5. The molecule has 1 aliphatic rings. The molecule has 0 radical (unpaired) electrons. The summed E-state index contributed by atoms with van der Waals surface area (Å²) < 4.78 is 5.05. The van der Waals surface area contributed by atoms with Gasteiger partial charge in [-0.25, -0.2) is 9.78 Å². The number of rotatable bonds is 4. The number of nitriles is 1. The second-order valence-corrected chi connectivity index (χ2v) is 6.19. The maximum Gasteiger partial charge on any atom is 0.409 e. The van der Waals surface area contributed by atoms with E-state index in [1.54, 1.807) is 24.0 Å². The van der Waals surface area contributed by atoms with Gasteiger partial charge in [0.05, 0.1) is 18.2 Å². The molecule has 8 nitrogen and oxygen atoms in total. The van der Waals surface area contributed by atoms with Crippen molar-refractivity contribution in [1.82, 2.24) is 14.9 Å². The molecule has 0 spiro atoms. The second-order valence-electron chi connectivity index (χ2n) is 6.19. The molecule has 140 valence electrons. The fourth-order valence-corrected chi connectivity index (χ4v) is 2.88. The third-order valence-electron chi connectivity index (χ3n) is 4.20. The minimum Gasteiger partial charge on any atom is -0.450 e. The summed E-state index contributed by atoms with van der Waals surface area (Å²) in [5.41, 5.74) is 2.22. The van der Waals surface area contributed by atoms with Crippen molar-refractivity contribution in [2.45, 2.75) is 13.8 Å². The van der Waals surface area contributed by atoms with Crippen LogP contribution in [0.1, 0.15) is 18.2 Å². The molecule has 0 bridgehead atoms. The van der Waals surface area contributed by atoms with Crippen LogP contribution in [0, 0.1) is 18.3 Å². The Morgan fingerprint density at radius 2 is 2.04 bits per heavy atom. The highest BCUT2D eigenvalue weighted by Gasteiger charge is 2.23. The van der Waals surface area contributed by atoms with E-state index >= 15 is 0 Å². The van der Waals surface area contributed by atoms with Crippen molar-refractivity contribution in [3.63, 3.8) is 0 Å². The van der Waals surface area contributed by atoms with E-state index in [0.29, 0.717) is 50.1 Å². The van der Waals surface area contributed by atoms with Crippen molar-refractivity contribution < 1.29 is 9.53 Å². The number of amides is 1. The van der Waals surface area contributed by atoms with Crippen LogP contribution in [0.3, 0.4) is 0 Å². The van der Waals surface area contributed by atoms with Crippen LogP contribution in [-0.4, -0.2) is 53.7 Å². The fraction of sp³-hybridized carbons (Fsp3) is 0.368. The molecule has 1 aliphatic heterocycles. The molecule has 1 aromatic heterocycles. The third kappa shape index (κ3) is 4.64. The highest BCUT2D eigenvalue weighted by atomic mass is 16.6. The highest BCUT2D eigenvalue weighted by Crippen LogP contribution is 2.20. The SMILES string of the molecule is CCOC(=O)N1CCN(c2nc(C)cc(Nc3cccc(C#N)c3)n2)CC1. The van der Waals surface area contributed by atoms with Gasteiger partial charge in [0.15, 0.2) is 0 Å². The minimum atomic E-state index is -0.276. The number of ether oxygens (including phenoxy) is 1. The van der Waals surface area contributed by atoms with Gasteiger partial charge >= 0.3 is 6.09 Å². The summed E-state index contributed by atoms with van der Waals surface area (Å²) in [4.78, 5) is 24.7. The van der Waals surface area contributed by atoms with Crippen LogP contribution < -0.4 is 10.2 Å². The van der Waals surface area contributed by atoms with Crippen LogP contribution in [0.5, 0.6) is 0 Å². The molecule has 0 aliphatic carbocycles. The molecule has 3 rings (SSSR count). The van der Waals surface area contributed by atoms with Gasteiger partial charge in [-0.15, -0.1) is 0 Å². The molecule has 2 heterocycles. The lowest BCUT2D eigenvalue weighted by molar-refractivity contribution is 0.105. The van der Waals surface area contributed by atoms with Gasteiger partial charge in [-0.3, -0.25) is 0 Å². The van der Waals surface area contributed by atoms with E-state index in [0.717, 1.165) is 11.4 Å². The van der Waals surface area contributed by atoms with Gasteiger partial charge in [-0.1, -0.05) is 6.07 Å². The van der Waals surface area contributed by atoms with Gasteiger partial charge in [0.1, 0.15) is 5.82 Å². The Hall–Kier alpha value is -3.34. The average molecular weight is 366 g/mol. The molecular formula is C19H22N6O2. The van der Waals surface area contributed by atoms with Crippen LogP contribution in [-0.2, 0) is 4.74 Å². The van der Waals surface area contributed by atoms with E-state index < -0.39 is 0 Å². The maximum atomic E-state index is 11.8. The lowest BCUT2D eigenvalue weighted by Crippen LogP contribution is -2.49. The van der Waals surface area contributed by atoms with E-state index in [9.17, 15) is 4.79 Å². The van der Waals surface area contributed by atoms with Gasteiger partial charge in [0, 0.05) is 43.6 Å². The summed E-state index contributed by atoms with van der Waals surface area (Å²) in [6.45, 7) is 6.53. The first-order chi connectivity index (χ1) is 13.1. The van der Waals surface area contributed by atoms with Crippen molar-refractivity contribution >= 4 is 23.5 Å². The number of nitrogens with zero attached hydrogens (tertiary/aromatic N) is 5. The van der Waals surface area contributed by atoms with Crippen molar-refractivity contribution in [2.24, 2.45) is 0 Å². The number of aryl methyl sites for hydroxylation is 1. The van der Waals surface area contributed by atoms with Crippen molar-refractivity contribution in [3.8, 4) is 6.07 Å². The van der Waals surface area contributed by atoms with Crippen molar-refractivity contribution in [2.75, 3.05) is 43.0 Å². The number of anilines is 3. The molecular weight excluding hydrogens is 344 g/mol. The summed E-state index contributed by atoms with van der Waals surface area (Å²) in [6, 6.07) is 11.2. The molecule has 2 aromatic rings. The van der Waals surface area contributed by atoms with E-state index in [4.69, 9.17) is 10.00 Å². The number of benzene rings is 1. The van der Waals surface area contributed by atoms with E-state index in [1.165, 1.54) is 0 Å². The predicted octanol–water partition coefficient (Wildman–Crippen LogP) is 2.68. The van der Waals surface area contributed by atoms with Crippen molar-refractivity contribution in [1.29, 1.82) is 5.26 Å². The monoisotopic (exact) mass is 366 g/mol. The lowest BCUT2D eigenvalue weighted by atomic mass is 10.2. The van der Waals surface area contributed by atoms with Crippen LogP contribution in [0.2, 0.25) is 0 Å². The number of carbonyl (C=O) groups is 1. The normalized spacial score (nSPS) is 13.8.